The lowest BCUT2D eigenvalue weighted by atomic mass is 9.91. The second-order valence-electron chi connectivity index (χ2n) is 10.1. The Hall–Kier alpha value is -6.05. The average molecular weight is 553 g/mol. The molecular weight excluding hydrogens is 524 g/mol. The van der Waals surface area contributed by atoms with Crippen molar-refractivity contribution in [2.75, 3.05) is 0 Å². The highest BCUT2D eigenvalue weighted by molar-refractivity contribution is 6.12. The Balaban J connectivity index is 1.35. The zero-order valence-electron chi connectivity index (χ0n) is 23.5. The molecule has 0 radical (unpaired) electrons. The summed E-state index contributed by atoms with van der Waals surface area (Å²) in [5.41, 5.74) is 14.3. The Bertz CT molecular complexity index is 2030. The van der Waals surface area contributed by atoms with Crippen molar-refractivity contribution in [1.29, 1.82) is 5.26 Å². The second kappa shape index (κ2) is 12.2. The molecule has 0 spiro atoms. The first-order valence-corrected chi connectivity index (χ1v) is 14.0. The molecule has 0 saturated heterocycles. The van der Waals surface area contributed by atoms with Gasteiger partial charge in [0.1, 0.15) is 5.84 Å². The quantitative estimate of drug-likeness (QED) is 0.165. The Kier molecular flexibility index (Phi) is 7.71. The number of hydrogen-bond donors (Lipinski definition) is 1. The lowest BCUT2D eigenvalue weighted by Crippen LogP contribution is -2.16. The zero-order valence-corrected chi connectivity index (χ0v) is 23.5. The van der Waals surface area contributed by atoms with Gasteiger partial charge in [0.2, 0.25) is 0 Å². The molecule has 0 unspecified atom stereocenters. The van der Waals surface area contributed by atoms with Crippen LogP contribution in [0.15, 0.2) is 162 Å². The van der Waals surface area contributed by atoms with Gasteiger partial charge in [0, 0.05) is 16.7 Å². The molecule has 0 saturated carbocycles. The molecule has 2 N–H and O–H groups in total. The van der Waals surface area contributed by atoms with Crippen LogP contribution in [0.1, 0.15) is 22.3 Å². The van der Waals surface area contributed by atoms with E-state index in [1.54, 1.807) is 0 Å². The van der Waals surface area contributed by atoms with Crippen molar-refractivity contribution < 1.29 is 0 Å². The molecule has 204 valence electrons. The van der Waals surface area contributed by atoms with E-state index in [2.05, 4.69) is 55.1 Å². The molecule has 6 aromatic carbocycles. The van der Waals surface area contributed by atoms with Crippen molar-refractivity contribution >= 4 is 28.1 Å². The Morgan fingerprint density at radius 2 is 1.09 bits per heavy atom. The van der Waals surface area contributed by atoms with Gasteiger partial charge in [-0.05, 0) is 39.1 Å². The number of nitrogens with zero attached hydrogens (tertiary/aromatic N) is 3. The van der Waals surface area contributed by atoms with E-state index in [-0.39, 0.29) is 0 Å². The van der Waals surface area contributed by atoms with Gasteiger partial charge in [-0.3, -0.25) is 0 Å². The van der Waals surface area contributed by atoms with E-state index in [9.17, 15) is 5.26 Å². The van der Waals surface area contributed by atoms with E-state index >= 15 is 0 Å². The van der Waals surface area contributed by atoms with Crippen LogP contribution in [-0.2, 0) is 0 Å². The van der Waals surface area contributed by atoms with Crippen molar-refractivity contribution in [3.8, 4) is 28.3 Å². The summed E-state index contributed by atoms with van der Waals surface area (Å²) in [6, 6.07) is 50.3. The molecule has 0 aromatic heterocycles. The molecule has 4 nitrogen and oxygen atoms in total. The molecule has 6 rings (SSSR count). The van der Waals surface area contributed by atoms with Gasteiger partial charge in [0.05, 0.1) is 17.3 Å². The number of amidine groups is 2. The maximum absolute atomic E-state index is 9.69. The van der Waals surface area contributed by atoms with E-state index in [1.807, 2.05) is 103 Å². The van der Waals surface area contributed by atoms with Gasteiger partial charge < -0.3 is 5.73 Å². The maximum atomic E-state index is 9.69. The highest BCUT2D eigenvalue weighted by atomic mass is 15.0. The molecule has 0 bridgehead atoms. The molecule has 0 aliphatic heterocycles. The topological polar surface area (TPSA) is 74.5 Å². The predicted octanol–water partition coefficient (Wildman–Crippen LogP) is 8.87. The first-order chi connectivity index (χ1) is 21.1. The number of rotatable bonds is 6. The van der Waals surface area contributed by atoms with Crippen LogP contribution in [-0.4, -0.2) is 11.7 Å². The van der Waals surface area contributed by atoms with Crippen LogP contribution in [0.2, 0.25) is 0 Å². The van der Waals surface area contributed by atoms with Crippen LogP contribution in [0, 0.1) is 11.3 Å². The third-order valence-corrected chi connectivity index (χ3v) is 7.36. The van der Waals surface area contributed by atoms with Gasteiger partial charge in [-0.1, -0.05) is 146 Å². The summed E-state index contributed by atoms with van der Waals surface area (Å²) in [6.07, 6.45) is 0. The van der Waals surface area contributed by atoms with Gasteiger partial charge in [-0.25, -0.2) is 9.98 Å². The number of fused-ring (bicyclic) bond motifs is 1. The molecule has 0 atom stereocenters. The second-order valence-corrected chi connectivity index (χ2v) is 10.1. The zero-order chi connectivity index (χ0) is 29.6. The summed E-state index contributed by atoms with van der Waals surface area (Å²) in [7, 11) is 0. The standard InChI is InChI=1S/C39H28N4/c1-27(42-39(31-14-6-3-7-15-31)43-38(41)30-12-4-2-5-13-30)28-22-24-29(25-23-28)33-18-10-21-37-35(33)19-11-20-36(37)34-17-9-8-16-32(34)26-40/h2-25H,1H2,(H2,41,42,43). The third-order valence-electron chi connectivity index (χ3n) is 7.36. The van der Waals surface area contributed by atoms with Crippen LogP contribution < -0.4 is 5.73 Å². The largest absolute Gasteiger partial charge is 0.383 e. The number of aliphatic imine (C=N–C) groups is 2. The fourth-order valence-corrected chi connectivity index (χ4v) is 5.18. The smallest absolute Gasteiger partial charge is 0.162 e. The molecular formula is C39H28N4. The van der Waals surface area contributed by atoms with E-state index in [0.29, 0.717) is 22.9 Å². The van der Waals surface area contributed by atoms with Crippen LogP contribution in [0.4, 0.5) is 0 Å². The number of hydrogen-bond acceptors (Lipinski definition) is 2. The fraction of sp³-hybridized carbons (Fsp3) is 0. The summed E-state index contributed by atoms with van der Waals surface area (Å²) in [6.45, 7) is 4.26. The third kappa shape index (κ3) is 5.74. The predicted molar refractivity (Wildman–Crippen MR) is 179 cm³/mol. The minimum atomic E-state index is 0.388. The van der Waals surface area contributed by atoms with Gasteiger partial charge in [0.15, 0.2) is 5.84 Å². The van der Waals surface area contributed by atoms with Crippen LogP contribution >= 0.6 is 0 Å². The SMILES string of the molecule is C=C(/N=C(\N=C(/N)c1ccccc1)c1ccccc1)c1ccc(-c2cccc3c(-c4ccccc4C#N)cccc23)cc1. The van der Waals surface area contributed by atoms with Crippen LogP contribution in [0.5, 0.6) is 0 Å². The van der Waals surface area contributed by atoms with E-state index in [1.165, 1.54) is 0 Å². The average Bonchev–Trinajstić information content (AvgIpc) is 3.08. The summed E-state index contributed by atoms with van der Waals surface area (Å²) < 4.78 is 0. The number of nitrogens with two attached hydrogens (primary N) is 1. The van der Waals surface area contributed by atoms with E-state index < -0.39 is 0 Å². The van der Waals surface area contributed by atoms with Crippen molar-refractivity contribution in [1.82, 2.24) is 0 Å². The molecule has 0 amide bonds. The summed E-state index contributed by atoms with van der Waals surface area (Å²) in [5.74, 6) is 0.884. The molecule has 0 aliphatic rings. The number of nitriles is 1. The van der Waals surface area contributed by atoms with Gasteiger partial charge >= 0.3 is 0 Å². The fourth-order valence-electron chi connectivity index (χ4n) is 5.18. The Morgan fingerprint density at radius 3 is 1.77 bits per heavy atom. The highest BCUT2D eigenvalue weighted by Gasteiger charge is 2.12. The molecule has 4 heteroatoms. The molecule has 0 fully saturated rings. The normalized spacial score (nSPS) is 11.7. The van der Waals surface area contributed by atoms with Crippen molar-refractivity contribution in [3.63, 3.8) is 0 Å². The van der Waals surface area contributed by atoms with Gasteiger partial charge in [-0.15, -0.1) is 0 Å². The van der Waals surface area contributed by atoms with E-state index in [4.69, 9.17) is 15.7 Å². The molecule has 0 aliphatic carbocycles. The van der Waals surface area contributed by atoms with Crippen molar-refractivity contribution in [2.45, 2.75) is 0 Å². The summed E-state index contributed by atoms with van der Waals surface area (Å²) in [5, 5.41) is 11.9. The van der Waals surface area contributed by atoms with Crippen LogP contribution in [0.25, 0.3) is 38.7 Å². The summed E-state index contributed by atoms with van der Waals surface area (Å²) >= 11 is 0. The first kappa shape index (κ1) is 27.1. The van der Waals surface area contributed by atoms with Crippen LogP contribution in [0.3, 0.4) is 0 Å². The lowest BCUT2D eigenvalue weighted by molar-refractivity contribution is 1.43. The first-order valence-electron chi connectivity index (χ1n) is 14.0. The van der Waals surface area contributed by atoms with Gasteiger partial charge in [0.25, 0.3) is 0 Å². The highest BCUT2D eigenvalue weighted by Crippen LogP contribution is 2.36. The Labute approximate surface area is 251 Å². The maximum Gasteiger partial charge on any atom is 0.162 e. The minimum Gasteiger partial charge on any atom is -0.383 e. The lowest BCUT2D eigenvalue weighted by Gasteiger charge is -2.13. The van der Waals surface area contributed by atoms with Gasteiger partial charge in [-0.2, -0.15) is 5.26 Å². The van der Waals surface area contributed by atoms with Crippen molar-refractivity contribution in [3.05, 3.63) is 174 Å². The summed E-state index contributed by atoms with van der Waals surface area (Å²) in [4.78, 5) is 9.52. The molecule has 43 heavy (non-hydrogen) atoms. The molecule has 0 heterocycles. The number of benzene rings is 6. The Morgan fingerprint density at radius 1 is 0.535 bits per heavy atom. The van der Waals surface area contributed by atoms with E-state index in [0.717, 1.165) is 49.7 Å². The molecule has 6 aromatic rings. The van der Waals surface area contributed by atoms with Crippen molar-refractivity contribution in [2.24, 2.45) is 15.7 Å². The monoisotopic (exact) mass is 552 g/mol. The minimum absolute atomic E-state index is 0.388.